The van der Waals surface area contributed by atoms with Gasteiger partial charge in [0.15, 0.2) is 5.92 Å². The number of hydrogen-bond acceptors (Lipinski definition) is 9. The van der Waals surface area contributed by atoms with Gasteiger partial charge in [-0.1, -0.05) is 42.5 Å². The minimum Gasteiger partial charge on any atom is -0.497 e. The molecule has 1 aliphatic heterocycles. The van der Waals surface area contributed by atoms with Crippen LogP contribution in [0.2, 0.25) is 0 Å². The molecule has 198 valence electrons. The lowest BCUT2D eigenvalue weighted by Crippen LogP contribution is -2.50. The van der Waals surface area contributed by atoms with E-state index in [1.165, 1.54) is 35.5 Å². The van der Waals surface area contributed by atoms with E-state index >= 15 is 0 Å². The predicted molar refractivity (Wildman–Crippen MR) is 136 cm³/mol. The second kappa shape index (κ2) is 10.8. The number of carbonyl (C=O) groups is 3. The molecule has 0 saturated carbocycles. The van der Waals surface area contributed by atoms with Gasteiger partial charge in [-0.05, 0) is 17.7 Å². The molecule has 3 aromatic rings. The first kappa shape index (κ1) is 26.5. The van der Waals surface area contributed by atoms with Gasteiger partial charge < -0.3 is 28.4 Å². The van der Waals surface area contributed by atoms with Crippen LogP contribution < -0.4 is 18.9 Å². The number of methoxy groups -OCH3 is 5. The minimum atomic E-state index is -1.90. The van der Waals surface area contributed by atoms with Gasteiger partial charge in [0.2, 0.25) is 11.4 Å². The highest BCUT2D eigenvalue weighted by atomic mass is 16.5. The lowest BCUT2D eigenvalue weighted by atomic mass is 9.68. The van der Waals surface area contributed by atoms with Gasteiger partial charge in [-0.25, -0.2) is 0 Å². The predicted octanol–water partition coefficient (Wildman–Crippen LogP) is 3.93. The van der Waals surface area contributed by atoms with Crippen molar-refractivity contribution < 1.29 is 42.8 Å². The van der Waals surface area contributed by atoms with Gasteiger partial charge in [-0.2, -0.15) is 0 Å². The summed E-state index contributed by atoms with van der Waals surface area (Å²) in [4.78, 5) is 41.0. The Balaban J connectivity index is 2.09. The maximum absolute atomic E-state index is 14.6. The summed E-state index contributed by atoms with van der Waals surface area (Å²) >= 11 is 0. The van der Waals surface area contributed by atoms with Crippen molar-refractivity contribution in [3.05, 3.63) is 83.4 Å². The Morgan fingerprint density at radius 2 is 1.37 bits per heavy atom. The molecule has 0 amide bonds. The summed E-state index contributed by atoms with van der Waals surface area (Å²) in [5.41, 5.74) is -0.884. The fourth-order valence-electron chi connectivity index (χ4n) is 4.91. The van der Waals surface area contributed by atoms with Crippen molar-refractivity contribution in [2.45, 2.75) is 11.5 Å². The Kier molecular flexibility index (Phi) is 7.57. The van der Waals surface area contributed by atoms with E-state index in [1.54, 1.807) is 66.7 Å². The molecule has 3 aromatic carbocycles. The molecule has 0 saturated heterocycles. The van der Waals surface area contributed by atoms with Crippen LogP contribution in [-0.4, -0.2) is 53.3 Å². The van der Waals surface area contributed by atoms with Crippen LogP contribution in [0, 0.1) is 5.92 Å². The van der Waals surface area contributed by atoms with E-state index < -0.39 is 35.2 Å². The van der Waals surface area contributed by atoms with Crippen LogP contribution in [-0.2, 0) is 24.7 Å². The zero-order valence-corrected chi connectivity index (χ0v) is 21.7. The van der Waals surface area contributed by atoms with Crippen LogP contribution >= 0.6 is 0 Å². The van der Waals surface area contributed by atoms with Gasteiger partial charge in [0, 0.05) is 17.7 Å². The first-order valence-corrected chi connectivity index (χ1v) is 11.7. The number of carbonyl (C=O) groups excluding carboxylic acids is 3. The number of hydrogen-bond donors (Lipinski definition) is 0. The molecule has 9 heteroatoms. The Bertz CT molecular complexity index is 1320. The van der Waals surface area contributed by atoms with Crippen molar-refractivity contribution >= 4 is 17.7 Å². The number of benzene rings is 3. The average molecular weight is 521 g/mol. The van der Waals surface area contributed by atoms with Crippen molar-refractivity contribution in [1.29, 1.82) is 0 Å². The summed E-state index contributed by atoms with van der Waals surface area (Å²) in [5.74, 6) is -3.69. The average Bonchev–Trinajstić information content (AvgIpc) is 3.27. The van der Waals surface area contributed by atoms with Crippen LogP contribution in [0.3, 0.4) is 0 Å². The Morgan fingerprint density at radius 3 is 1.89 bits per heavy atom. The highest BCUT2D eigenvalue weighted by molar-refractivity contribution is 6.12. The van der Waals surface area contributed by atoms with Crippen LogP contribution in [0.15, 0.2) is 66.7 Å². The highest BCUT2D eigenvalue weighted by Crippen LogP contribution is 2.55. The van der Waals surface area contributed by atoms with Gasteiger partial charge in [0.25, 0.3) is 0 Å². The SMILES string of the molecule is COC(=O)C(C(=O)OC)[C@H](c1ccccc1)[C@@]1(c2ccc(OC)cc2)Oc2cc(OC)cc(OC)c2C1=O. The molecule has 9 nitrogen and oxygen atoms in total. The Hall–Kier alpha value is -4.53. The maximum atomic E-state index is 14.6. The van der Waals surface area contributed by atoms with E-state index in [9.17, 15) is 14.4 Å². The van der Waals surface area contributed by atoms with E-state index in [-0.39, 0.29) is 17.1 Å². The third-order valence-electron chi connectivity index (χ3n) is 6.69. The molecule has 2 atom stereocenters. The molecule has 1 heterocycles. The lowest BCUT2D eigenvalue weighted by molar-refractivity contribution is -0.162. The summed E-state index contributed by atoms with van der Waals surface area (Å²) < 4.78 is 32.9. The highest BCUT2D eigenvalue weighted by Gasteiger charge is 2.61. The fourth-order valence-corrected chi connectivity index (χ4v) is 4.91. The molecular formula is C29H28O9. The largest absolute Gasteiger partial charge is 0.497 e. The van der Waals surface area contributed by atoms with Gasteiger partial charge in [0.05, 0.1) is 41.5 Å². The second-order valence-electron chi connectivity index (χ2n) is 8.51. The molecule has 0 unspecified atom stereocenters. The molecule has 38 heavy (non-hydrogen) atoms. The number of rotatable bonds is 9. The van der Waals surface area contributed by atoms with E-state index in [2.05, 4.69) is 0 Å². The number of fused-ring (bicyclic) bond motifs is 1. The number of esters is 2. The van der Waals surface area contributed by atoms with Crippen LogP contribution in [0.25, 0.3) is 0 Å². The van der Waals surface area contributed by atoms with Crippen LogP contribution in [0.4, 0.5) is 0 Å². The van der Waals surface area contributed by atoms with Gasteiger partial charge in [-0.3, -0.25) is 14.4 Å². The summed E-state index contributed by atoms with van der Waals surface area (Å²) in [6.45, 7) is 0. The molecule has 0 aliphatic carbocycles. The van der Waals surface area contributed by atoms with Crippen molar-refractivity contribution in [3.63, 3.8) is 0 Å². The van der Waals surface area contributed by atoms with Crippen LogP contribution in [0.1, 0.15) is 27.4 Å². The van der Waals surface area contributed by atoms with Crippen molar-refractivity contribution in [1.82, 2.24) is 0 Å². The van der Waals surface area contributed by atoms with E-state index in [1.807, 2.05) is 0 Å². The smallest absolute Gasteiger partial charge is 0.320 e. The normalized spacial score (nSPS) is 16.7. The molecule has 4 rings (SSSR count). The van der Waals surface area contributed by atoms with E-state index in [0.29, 0.717) is 22.6 Å². The van der Waals surface area contributed by atoms with E-state index in [0.717, 1.165) is 0 Å². The monoisotopic (exact) mass is 520 g/mol. The Morgan fingerprint density at radius 1 is 0.763 bits per heavy atom. The van der Waals surface area contributed by atoms with Gasteiger partial charge in [0.1, 0.15) is 28.6 Å². The maximum Gasteiger partial charge on any atom is 0.320 e. The molecule has 0 aromatic heterocycles. The molecule has 0 N–H and O–H groups in total. The van der Waals surface area contributed by atoms with Crippen molar-refractivity contribution in [3.8, 4) is 23.0 Å². The number of ketones is 1. The second-order valence-corrected chi connectivity index (χ2v) is 8.51. The molecule has 1 aliphatic rings. The summed E-state index contributed by atoms with van der Waals surface area (Å²) in [7, 11) is 6.76. The zero-order valence-electron chi connectivity index (χ0n) is 21.7. The fraction of sp³-hybridized carbons (Fsp3) is 0.276. The van der Waals surface area contributed by atoms with Crippen molar-refractivity contribution in [2.24, 2.45) is 5.92 Å². The third kappa shape index (κ3) is 4.30. The zero-order chi connectivity index (χ0) is 27.4. The van der Waals surface area contributed by atoms with Gasteiger partial charge >= 0.3 is 11.9 Å². The standard InChI is InChI=1S/C29H28O9/c1-33-19-13-11-18(12-14-19)29(26(30)23-21(35-3)15-20(34-2)16-22(23)38-29)25(17-9-7-6-8-10-17)24(27(31)36-4)28(32)37-5/h6-16,24-25H,1-5H3/t25-,29+/m0/s1. The summed E-state index contributed by atoms with van der Waals surface area (Å²) in [5, 5.41) is 0. The lowest BCUT2D eigenvalue weighted by Gasteiger charge is -2.38. The minimum absolute atomic E-state index is 0.151. The molecule has 0 spiro atoms. The van der Waals surface area contributed by atoms with Crippen LogP contribution in [0.5, 0.6) is 23.0 Å². The first-order chi connectivity index (χ1) is 18.4. The molecule has 0 fully saturated rings. The quantitative estimate of drug-likeness (QED) is 0.306. The van der Waals surface area contributed by atoms with E-state index in [4.69, 9.17) is 28.4 Å². The van der Waals surface area contributed by atoms with Crippen molar-refractivity contribution in [2.75, 3.05) is 35.5 Å². The molecular weight excluding hydrogens is 492 g/mol. The third-order valence-corrected chi connectivity index (χ3v) is 6.69. The summed E-state index contributed by atoms with van der Waals surface area (Å²) in [6.07, 6.45) is 0. The molecule has 0 bridgehead atoms. The number of Topliss-reactive ketones (excluding diaryl/α,β-unsaturated/α-hetero) is 1. The topological polar surface area (TPSA) is 107 Å². The summed E-state index contributed by atoms with van der Waals surface area (Å²) in [6, 6.07) is 18.5. The Labute approximate surface area is 220 Å². The molecule has 0 radical (unpaired) electrons. The van der Waals surface area contributed by atoms with Gasteiger partial charge in [-0.15, -0.1) is 0 Å². The first-order valence-electron chi connectivity index (χ1n) is 11.7. The number of ether oxygens (including phenoxy) is 6.